The van der Waals surface area contributed by atoms with Crippen LogP contribution in [0.25, 0.3) is 5.52 Å². The highest BCUT2D eigenvalue weighted by atomic mass is 35.5. The molecule has 1 N–H and O–H groups in total. The molecule has 1 aromatic carbocycles. The van der Waals surface area contributed by atoms with Gasteiger partial charge >= 0.3 is 0 Å². The first-order valence-electron chi connectivity index (χ1n) is 8.49. The van der Waals surface area contributed by atoms with E-state index in [1.165, 1.54) is 12.1 Å². The van der Waals surface area contributed by atoms with Gasteiger partial charge in [-0.1, -0.05) is 17.7 Å². The summed E-state index contributed by atoms with van der Waals surface area (Å²) in [6.07, 6.45) is 1.66. The van der Waals surface area contributed by atoms with Gasteiger partial charge in [0, 0.05) is 25.0 Å². The van der Waals surface area contributed by atoms with Gasteiger partial charge in [0.15, 0.2) is 5.69 Å². The van der Waals surface area contributed by atoms with Crippen LogP contribution in [0, 0.1) is 5.82 Å². The van der Waals surface area contributed by atoms with Gasteiger partial charge in [-0.25, -0.2) is 9.37 Å². The molecule has 0 fully saturated rings. The Morgan fingerprint density at radius 3 is 2.63 bits per heavy atom. The van der Waals surface area contributed by atoms with Crippen LogP contribution in [0.5, 0.6) is 0 Å². The molecule has 3 aromatic rings. The van der Waals surface area contributed by atoms with Crippen LogP contribution in [0.2, 0.25) is 5.02 Å². The summed E-state index contributed by atoms with van der Waals surface area (Å²) in [4.78, 5) is 31.4. The maximum Gasteiger partial charge on any atom is 0.292 e. The molecule has 2 amide bonds. The number of nitrogens with zero attached hydrogens (tertiary/aromatic N) is 3. The average molecular weight is 389 g/mol. The molecule has 0 aliphatic rings. The Bertz CT molecular complexity index is 1010. The number of carbonyl (C=O) groups is 2. The van der Waals surface area contributed by atoms with E-state index in [-0.39, 0.29) is 22.4 Å². The Hall–Kier alpha value is -2.93. The van der Waals surface area contributed by atoms with Gasteiger partial charge in [0.25, 0.3) is 11.8 Å². The number of carbonyl (C=O) groups excluding carboxylic acids is 2. The summed E-state index contributed by atoms with van der Waals surface area (Å²) in [7, 11) is 0. The molecule has 0 saturated heterocycles. The standard InChI is InChI=1S/C19H18ClFN4O2/c1-3-24(4-2)19(27)16-15-7-5-6-10-25(15)17(23-16)18(26)22-12-8-9-14(21)13(20)11-12/h5-11H,3-4H2,1-2H3,(H,22,26). The molecule has 0 bridgehead atoms. The molecule has 2 aromatic heterocycles. The van der Waals surface area contributed by atoms with E-state index in [1.807, 2.05) is 13.8 Å². The molecule has 0 unspecified atom stereocenters. The predicted octanol–water partition coefficient (Wildman–Crippen LogP) is 3.86. The summed E-state index contributed by atoms with van der Waals surface area (Å²) in [5.41, 5.74) is 1.08. The largest absolute Gasteiger partial charge is 0.338 e. The Kier molecular flexibility index (Phi) is 5.41. The van der Waals surface area contributed by atoms with Crippen molar-refractivity contribution in [2.24, 2.45) is 0 Å². The predicted molar refractivity (Wildman–Crippen MR) is 102 cm³/mol. The third-order valence-electron chi connectivity index (χ3n) is 4.18. The molecule has 8 heteroatoms. The number of fused-ring (bicyclic) bond motifs is 1. The summed E-state index contributed by atoms with van der Waals surface area (Å²) in [6.45, 7) is 4.84. The highest BCUT2D eigenvalue weighted by molar-refractivity contribution is 6.31. The van der Waals surface area contributed by atoms with Gasteiger partial charge in [-0.05, 0) is 44.2 Å². The van der Waals surface area contributed by atoms with E-state index in [0.717, 1.165) is 6.07 Å². The third-order valence-corrected chi connectivity index (χ3v) is 4.47. The molecule has 27 heavy (non-hydrogen) atoms. The molecule has 0 aliphatic carbocycles. The number of rotatable bonds is 5. The minimum atomic E-state index is -0.576. The number of halogens is 2. The zero-order valence-electron chi connectivity index (χ0n) is 14.9. The van der Waals surface area contributed by atoms with Crippen molar-refractivity contribution in [2.75, 3.05) is 18.4 Å². The molecular formula is C19H18ClFN4O2. The molecule has 3 rings (SSSR count). The second-order valence-electron chi connectivity index (χ2n) is 5.80. The van der Waals surface area contributed by atoms with Crippen LogP contribution in [0.3, 0.4) is 0 Å². The van der Waals surface area contributed by atoms with Crippen molar-refractivity contribution in [3.63, 3.8) is 0 Å². The van der Waals surface area contributed by atoms with E-state index in [4.69, 9.17) is 11.6 Å². The van der Waals surface area contributed by atoms with E-state index in [1.54, 1.807) is 33.7 Å². The Morgan fingerprint density at radius 1 is 1.22 bits per heavy atom. The van der Waals surface area contributed by atoms with Crippen molar-refractivity contribution in [1.29, 1.82) is 0 Å². The smallest absolute Gasteiger partial charge is 0.292 e. The maximum absolute atomic E-state index is 13.3. The monoisotopic (exact) mass is 388 g/mol. The SMILES string of the molecule is CCN(CC)C(=O)c1nc(C(=O)Nc2ccc(F)c(Cl)c2)n2ccccc12. The number of anilines is 1. The number of pyridine rings is 1. The average Bonchev–Trinajstić information content (AvgIpc) is 3.05. The fraction of sp³-hybridized carbons (Fsp3) is 0.211. The molecular weight excluding hydrogens is 371 g/mol. The fourth-order valence-electron chi connectivity index (χ4n) is 2.78. The van der Waals surface area contributed by atoms with Gasteiger partial charge in [0.1, 0.15) is 5.82 Å². The van der Waals surface area contributed by atoms with Crippen LogP contribution in [-0.4, -0.2) is 39.2 Å². The van der Waals surface area contributed by atoms with Crippen LogP contribution < -0.4 is 5.32 Å². The lowest BCUT2D eigenvalue weighted by molar-refractivity contribution is 0.0769. The van der Waals surface area contributed by atoms with E-state index < -0.39 is 11.7 Å². The number of nitrogens with one attached hydrogen (secondary N) is 1. The zero-order valence-corrected chi connectivity index (χ0v) is 15.6. The van der Waals surface area contributed by atoms with Crippen molar-refractivity contribution in [1.82, 2.24) is 14.3 Å². The summed E-state index contributed by atoms with van der Waals surface area (Å²) in [6, 6.07) is 9.12. The number of hydrogen-bond donors (Lipinski definition) is 1. The highest BCUT2D eigenvalue weighted by Crippen LogP contribution is 2.21. The van der Waals surface area contributed by atoms with Crippen molar-refractivity contribution < 1.29 is 14.0 Å². The second kappa shape index (κ2) is 7.75. The number of hydrogen-bond acceptors (Lipinski definition) is 3. The lowest BCUT2D eigenvalue weighted by atomic mass is 10.3. The zero-order chi connectivity index (χ0) is 19.6. The molecule has 0 atom stereocenters. The highest BCUT2D eigenvalue weighted by Gasteiger charge is 2.24. The van der Waals surface area contributed by atoms with Crippen molar-refractivity contribution in [3.8, 4) is 0 Å². The minimum absolute atomic E-state index is 0.0570. The van der Waals surface area contributed by atoms with Gasteiger partial charge in [-0.2, -0.15) is 0 Å². The Morgan fingerprint density at radius 2 is 1.96 bits per heavy atom. The van der Waals surface area contributed by atoms with Crippen molar-refractivity contribution in [2.45, 2.75) is 13.8 Å². The lowest BCUT2D eigenvalue weighted by Crippen LogP contribution is -2.31. The molecule has 2 heterocycles. The fourth-order valence-corrected chi connectivity index (χ4v) is 2.96. The topological polar surface area (TPSA) is 66.7 Å². The number of amides is 2. The number of imidazole rings is 1. The van der Waals surface area contributed by atoms with Gasteiger partial charge in [0.2, 0.25) is 5.82 Å². The van der Waals surface area contributed by atoms with E-state index >= 15 is 0 Å². The van der Waals surface area contributed by atoms with E-state index in [2.05, 4.69) is 10.3 Å². The minimum Gasteiger partial charge on any atom is -0.338 e. The molecule has 140 valence electrons. The first-order valence-corrected chi connectivity index (χ1v) is 8.86. The third kappa shape index (κ3) is 3.64. The van der Waals surface area contributed by atoms with Crippen molar-refractivity contribution in [3.05, 3.63) is 65.0 Å². The summed E-state index contributed by atoms with van der Waals surface area (Å²) < 4.78 is 14.9. The molecule has 0 aliphatic heterocycles. The number of aromatic nitrogens is 2. The normalized spacial score (nSPS) is 10.8. The molecule has 0 radical (unpaired) electrons. The van der Waals surface area contributed by atoms with E-state index in [0.29, 0.717) is 24.3 Å². The van der Waals surface area contributed by atoms with Gasteiger partial charge < -0.3 is 10.2 Å². The molecule has 6 nitrogen and oxygen atoms in total. The summed E-state index contributed by atoms with van der Waals surface area (Å²) in [5.74, 6) is -1.29. The quantitative estimate of drug-likeness (QED) is 0.721. The van der Waals surface area contributed by atoms with Crippen LogP contribution in [-0.2, 0) is 0 Å². The first kappa shape index (κ1) is 18.8. The summed E-state index contributed by atoms with van der Waals surface area (Å²) >= 11 is 5.75. The van der Waals surface area contributed by atoms with Crippen LogP contribution in [0.15, 0.2) is 42.6 Å². The van der Waals surface area contributed by atoms with Crippen molar-refractivity contribution >= 4 is 34.6 Å². The maximum atomic E-state index is 13.3. The molecule has 0 saturated carbocycles. The second-order valence-corrected chi connectivity index (χ2v) is 6.21. The first-order chi connectivity index (χ1) is 13.0. The summed E-state index contributed by atoms with van der Waals surface area (Å²) in [5, 5.41) is 2.53. The van der Waals surface area contributed by atoms with Gasteiger partial charge in [-0.15, -0.1) is 0 Å². The van der Waals surface area contributed by atoms with Gasteiger partial charge in [0.05, 0.1) is 10.5 Å². The van der Waals surface area contributed by atoms with E-state index in [9.17, 15) is 14.0 Å². The van der Waals surface area contributed by atoms with Crippen LogP contribution in [0.1, 0.15) is 35.0 Å². The number of benzene rings is 1. The van der Waals surface area contributed by atoms with Crippen LogP contribution in [0.4, 0.5) is 10.1 Å². The lowest BCUT2D eigenvalue weighted by Gasteiger charge is -2.17. The van der Waals surface area contributed by atoms with Gasteiger partial charge in [-0.3, -0.25) is 14.0 Å². The van der Waals surface area contributed by atoms with Crippen LogP contribution >= 0.6 is 11.6 Å². The Labute approximate surface area is 160 Å². The Balaban J connectivity index is 2.00. The molecule has 0 spiro atoms.